The van der Waals surface area contributed by atoms with Crippen molar-refractivity contribution in [1.29, 1.82) is 0 Å². The molecule has 1 amide bonds. The molecule has 0 saturated heterocycles. The second-order valence-electron chi connectivity index (χ2n) is 6.55. The maximum atomic E-state index is 12.1. The molecule has 0 aromatic rings. The normalized spacial score (nSPS) is 16.0. The summed E-state index contributed by atoms with van der Waals surface area (Å²) in [6.07, 6.45) is 4.36. The number of rotatable bonds is 7. The van der Waals surface area contributed by atoms with Gasteiger partial charge in [-0.1, -0.05) is 12.8 Å². The molecule has 6 heteroatoms. The average Bonchev–Trinajstić information content (AvgIpc) is 2.83. The number of carboxylic acid groups (broad SMARTS) is 1. The molecule has 0 bridgehead atoms. The number of ether oxygens (including phenoxy) is 1. The van der Waals surface area contributed by atoms with Crippen molar-refractivity contribution < 1.29 is 19.4 Å². The molecule has 1 fully saturated rings. The lowest BCUT2D eigenvalue weighted by atomic mass is 10.2. The summed E-state index contributed by atoms with van der Waals surface area (Å²) in [5.41, 5.74) is -0.572. The van der Waals surface area contributed by atoms with Crippen LogP contribution in [0, 0.1) is 0 Å². The Morgan fingerprint density at radius 1 is 1.24 bits per heavy atom. The predicted octanol–water partition coefficient (Wildman–Crippen LogP) is 2.23. The lowest BCUT2D eigenvalue weighted by Gasteiger charge is -2.27. The van der Waals surface area contributed by atoms with Gasteiger partial charge >= 0.3 is 12.1 Å². The van der Waals surface area contributed by atoms with Crippen LogP contribution >= 0.6 is 0 Å². The van der Waals surface area contributed by atoms with Crippen molar-refractivity contribution in [1.82, 2.24) is 10.2 Å². The molecule has 0 aromatic heterocycles. The summed E-state index contributed by atoms with van der Waals surface area (Å²) in [6, 6.07) is 0.532. The van der Waals surface area contributed by atoms with Crippen LogP contribution in [0.15, 0.2) is 0 Å². The Labute approximate surface area is 126 Å². The fourth-order valence-corrected chi connectivity index (χ4v) is 2.39. The first-order valence-corrected chi connectivity index (χ1v) is 7.71. The maximum Gasteiger partial charge on any atom is 0.410 e. The molecule has 0 heterocycles. The highest BCUT2D eigenvalue weighted by atomic mass is 16.6. The number of amides is 1. The van der Waals surface area contributed by atoms with Gasteiger partial charge in [-0.05, 0) is 33.6 Å². The maximum absolute atomic E-state index is 12.1. The van der Waals surface area contributed by atoms with Crippen molar-refractivity contribution >= 4 is 12.1 Å². The highest BCUT2D eigenvalue weighted by molar-refractivity contribution is 5.70. The van der Waals surface area contributed by atoms with Crippen molar-refractivity contribution in [2.45, 2.75) is 64.5 Å². The molecular weight excluding hydrogens is 272 g/mol. The van der Waals surface area contributed by atoms with Gasteiger partial charge in [0.25, 0.3) is 0 Å². The molecule has 1 rings (SSSR count). The van der Waals surface area contributed by atoms with Crippen LogP contribution in [-0.4, -0.2) is 53.3 Å². The van der Waals surface area contributed by atoms with E-state index < -0.39 is 17.7 Å². The van der Waals surface area contributed by atoms with Crippen LogP contribution in [0.25, 0.3) is 0 Å². The molecule has 0 aliphatic heterocycles. The quantitative estimate of drug-likeness (QED) is 0.754. The summed E-state index contributed by atoms with van der Waals surface area (Å²) in [7, 11) is 0. The lowest BCUT2D eigenvalue weighted by Crippen LogP contribution is -2.42. The molecule has 0 atom stereocenters. The zero-order valence-electron chi connectivity index (χ0n) is 13.4. The highest BCUT2D eigenvalue weighted by Gasteiger charge is 2.23. The molecule has 122 valence electrons. The van der Waals surface area contributed by atoms with Crippen LogP contribution < -0.4 is 5.32 Å². The van der Waals surface area contributed by atoms with Gasteiger partial charge in [0.15, 0.2) is 0 Å². The third-order valence-electron chi connectivity index (χ3n) is 3.42. The van der Waals surface area contributed by atoms with E-state index in [2.05, 4.69) is 5.32 Å². The van der Waals surface area contributed by atoms with Crippen LogP contribution in [0.4, 0.5) is 4.79 Å². The molecule has 21 heavy (non-hydrogen) atoms. The summed E-state index contributed by atoms with van der Waals surface area (Å²) in [5, 5.41) is 12.2. The number of nitrogens with one attached hydrogen (secondary N) is 1. The Balaban J connectivity index is 2.42. The van der Waals surface area contributed by atoms with E-state index in [0.717, 1.165) is 0 Å². The van der Waals surface area contributed by atoms with E-state index in [1.807, 2.05) is 0 Å². The Kier molecular flexibility index (Phi) is 6.95. The van der Waals surface area contributed by atoms with Gasteiger partial charge in [-0.3, -0.25) is 4.79 Å². The number of carbonyl (C=O) groups excluding carboxylic acids is 1. The molecular formula is C15H28N2O4. The SMILES string of the molecule is CC(C)(C)OC(=O)N(CCNC1CCCC1)CCC(=O)O. The second-order valence-corrected chi connectivity index (χ2v) is 6.55. The van der Waals surface area contributed by atoms with Crippen molar-refractivity contribution in [3.05, 3.63) is 0 Å². The number of aliphatic carboxylic acids is 1. The van der Waals surface area contributed by atoms with Gasteiger partial charge in [0.05, 0.1) is 6.42 Å². The van der Waals surface area contributed by atoms with Gasteiger partial charge in [0.1, 0.15) is 5.60 Å². The molecule has 1 aliphatic rings. The van der Waals surface area contributed by atoms with E-state index in [0.29, 0.717) is 19.1 Å². The first kappa shape index (κ1) is 17.8. The van der Waals surface area contributed by atoms with Crippen molar-refractivity contribution in [3.8, 4) is 0 Å². The summed E-state index contributed by atoms with van der Waals surface area (Å²) in [4.78, 5) is 24.3. The first-order valence-electron chi connectivity index (χ1n) is 7.71. The van der Waals surface area contributed by atoms with Crippen LogP contribution in [0.3, 0.4) is 0 Å². The number of hydrogen-bond donors (Lipinski definition) is 2. The number of carboxylic acids is 1. The van der Waals surface area contributed by atoms with E-state index in [-0.39, 0.29) is 13.0 Å². The standard InChI is InChI=1S/C15H28N2O4/c1-15(2,3)21-14(20)17(10-8-13(18)19)11-9-16-12-6-4-5-7-12/h12,16H,4-11H2,1-3H3,(H,18,19). The average molecular weight is 300 g/mol. The minimum atomic E-state index is -0.910. The summed E-state index contributed by atoms with van der Waals surface area (Å²) >= 11 is 0. The molecule has 6 nitrogen and oxygen atoms in total. The lowest BCUT2D eigenvalue weighted by molar-refractivity contribution is -0.137. The Bertz CT molecular complexity index is 346. The van der Waals surface area contributed by atoms with Gasteiger partial charge < -0.3 is 20.1 Å². The highest BCUT2D eigenvalue weighted by Crippen LogP contribution is 2.17. The Hall–Kier alpha value is -1.30. The Morgan fingerprint density at radius 3 is 2.38 bits per heavy atom. The van der Waals surface area contributed by atoms with E-state index in [4.69, 9.17) is 9.84 Å². The molecule has 0 unspecified atom stereocenters. The third kappa shape index (κ3) is 7.90. The third-order valence-corrected chi connectivity index (χ3v) is 3.42. The van der Waals surface area contributed by atoms with Crippen molar-refractivity contribution in [2.75, 3.05) is 19.6 Å². The van der Waals surface area contributed by atoms with Gasteiger partial charge in [-0.15, -0.1) is 0 Å². The molecule has 0 aromatic carbocycles. The molecule has 0 radical (unpaired) electrons. The van der Waals surface area contributed by atoms with Gasteiger partial charge in [-0.2, -0.15) is 0 Å². The summed E-state index contributed by atoms with van der Waals surface area (Å²) in [5.74, 6) is -0.910. The van der Waals surface area contributed by atoms with Crippen LogP contribution in [-0.2, 0) is 9.53 Å². The van der Waals surface area contributed by atoms with Crippen LogP contribution in [0.5, 0.6) is 0 Å². The fraction of sp³-hybridized carbons (Fsp3) is 0.867. The molecule has 1 aliphatic carbocycles. The number of carbonyl (C=O) groups is 2. The minimum absolute atomic E-state index is 0.0668. The van der Waals surface area contributed by atoms with E-state index in [9.17, 15) is 9.59 Å². The molecule has 0 spiro atoms. The topological polar surface area (TPSA) is 78.9 Å². The zero-order chi connectivity index (χ0) is 15.9. The smallest absolute Gasteiger partial charge is 0.410 e. The van der Waals surface area contributed by atoms with Crippen molar-refractivity contribution in [3.63, 3.8) is 0 Å². The molecule has 2 N–H and O–H groups in total. The van der Waals surface area contributed by atoms with Gasteiger partial charge in [0.2, 0.25) is 0 Å². The van der Waals surface area contributed by atoms with Crippen LogP contribution in [0.2, 0.25) is 0 Å². The minimum Gasteiger partial charge on any atom is -0.481 e. The first-order chi connectivity index (χ1) is 9.78. The number of hydrogen-bond acceptors (Lipinski definition) is 4. The summed E-state index contributed by atoms with van der Waals surface area (Å²) < 4.78 is 5.32. The van der Waals surface area contributed by atoms with Crippen LogP contribution in [0.1, 0.15) is 52.9 Å². The fourth-order valence-electron chi connectivity index (χ4n) is 2.39. The number of nitrogens with zero attached hydrogens (tertiary/aromatic N) is 1. The zero-order valence-corrected chi connectivity index (χ0v) is 13.4. The predicted molar refractivity (Wildman–Crippen MR) is 80.3 cm³/mol. The van der Waals surface area contributed by atoms with E-state index in [1.54, 1.807) is 20.8 Å². The van der Waals surface area contributed by atoms with E-state index in [1.165, 1.54) is 30.6 Å². The largest absolute Gasteiger partial charge is 0.481 e. The molecule has 1 saturated carbocycles. The summed E-state index contributed by atoms with van der Waals surface area (Å²) in [6.45, 7) is 6.73. The van der Waals surface area contributed by atoms with Gasteiger partial charge in [0, 0.05) is 25.7 Å². The van der Waals surface area contributed by atoms with E-state index >= 15 is 0 Å². The monoisotopic (exact) mass is 300 g/mol. The second kappa shape index (κ2) is 8.22. The Morgan fingerprint density at radius 2 is 1.86 bits per heavy atom. The van der Waals surface area contributed by atoms with Gasteiger partial charge in [-0.25, -0.2) is 4.79 Å². The van der Waals surface area contributed by atoms with Crippen molar-refractivity contribution in [2.24, 2.45) is 0 Å².